The molecule has 2 aliphatic rings. The average molecular weight is 529 g/mol. The Labute approximate surface area is 231 Å². The van der Waals surface area contributed by atoms with Crippen LogP contribution in [-0.4, -0.2) is 102 Å². The maximum Gasteiger partial charge on any atom is 0.224 e. The fourth-order valence-corrected chi connectivity index (χ4v) is 6.00. The summed E-state index contributed by atoms with van der Waals surface area (Å²) in [5.41, 5.74) is 1.21. The van der Waals surface area contributed by atoms with Crippen molar-refractivity contribution in [2.24, 2.45) is 0 Å². The van der Waals surface area contributed by atoms with E-state index in [0.29, 0.717) is 19.3 Å². The lowest BCUT2D eigenvalue weighted by Gasteiger charge is -2.35. The molecular formula is C31H52N4O3. The highest BCUT2D eigenvalue weighted by atomic mass is 16.3. The van der Waals surface area contributed by atoms with E-state index < -0.39 is 0 Å². The smallest absolute Gasteiger partial charge is 0.224 e. The number of benzene rings is 1. The summed E-state index contributed by atoms with van der Waals surface area (Å²) in [6.07, 6.45) is 9.31. The summed E-state index contributed by atoms with van der Waals surface area (Å²) in [6, 6.07) is 10.6. The highest BCUT2D eigenvalue weighted by Crippen LogP contribution is 2.26. The van der Waals surface area contributed by atoms with Crippen molar-refractivity contribution in [3.8, 4) is 0 Å². The summed E-state index contributed by atoms with van der Waals surface area (Å²) < 4.78 is 0. The summed E-state index contributed by atoms with van der Waals surface area (Å²) in [7, 11) is 4.21. The molecule has 0 spiro atoms. The Bertz CT molecular complexity index is 836. The Morgan fingerprint density at radius 3 is 2.05 bits per heavy atom. The van der Waals surface area contributed by atoms with Gasteiger partial charge in [-0.05, 0) is 64.7 Å². The SMILES string of the molecule is CCCCC[C@H](O)C[C@H]1CC(=O)N(CCCCN2CCCN(C)[C@H](c3ccccc3)CC2=O)CCCN1C. The van der Waals surface area contributed by atoms with Gasteiger partial charge in [0.25, 0.3) is 0 Å². The van der Waals surface area contributed by atoms with Crippen LogP contribution >= 0.6 is 0 Å². The maximum absolute atomic E-state index is 13.2. The van der Waals surface area contributed by atoms with Crippen LogP contribution in [0.2, 0.25) is 0 Å². The van der Waals surface area contributed by atoms with Crippen molar-refractivity contribution in [1.82, 2.24) is 19.6 Å². The topological polar surface area (TPSA) is 67.3 Å². The number of hydrogen-bond acceptors (Lipinski definition) is 5. The molecule has 2 amide bonds. The zero-order valence-electron chi connectivity index (χ0n) is 24.2. The molecule has 2 aliphatic heterocycles. The van der Waals surface area contributed by atoms with Crippen molar-refractivity contribution in [1.29, 1.82) is 0 Å². The molecule has 0 radical (unpaired) electrons. The van der Waals surface area contributed by atoms with Gasteiger partial charge in [-0.1, -0.05) is 56.5 Å². The molecule has 0 aromatic heterocycles. The Kier molecular flexibility index (Phi) is 13.0. The number of hydrogen-bond donors (Lipinski definition) is 1. The molecule has 1 N–H and O–H groups in total. The van der Waals surface area contributed by atoms with Crippen LogP contribution in [0.4, 0.5) is 0 Å². The minimum Gasteiger partial charge on any atom is -0.393 e. The van der Waals surface area contributed by atoms with Gasteiger partial charge in [-0.15, -0.1) is 0 Å². The van der Waals surface area contributed by atoms with Gasteiger partial charge in [-0.25, -0.2) is 0 Å². The normalized spacial score (nSPS) is 23.6. The highest BCUT2D eigenvalue weighted by Gasteiger charge is 2.28. The molecule has 0 unspecified atom stereocenters. The predicted octanol–water partition coefficient (Wildman–Crippen LogP) is 4.32. The first kappa shape index (κ1) is 30.6. The molecule has 1 aromatic carbocycles. The molecule has 0 saturated carbocycles. The lowest BCUT2D eigenvalue weighted by Crippen LogP contribution is -2.45. The van der Waals surface area contributed by atoms with Crippen LogP contribution in [0.15, 0.2) is 30.3 Å². The van der Waals surface area contributed by atoms with Crippen molar-refractivity contribution in [2.75, 3.05) is 53.4 Å². The van der Waals surface area contributed by atoms with Gasteiger partial charge < -0.3 is 19.8 Å². The molecule has 7 heteroatoms. The number of aliphatic hydroxyl groups excluding tert-OH is 1. The van der Waals surface area contributed by atoms with Gasteiger partial charge in [0.1, 0.15) is 0 Å². The highest BCUT2D eigenvalue weighted by molar-refractivity contribution is 5.77. The van der Waals surface area contributed by atoms with Gasteiger partial charge in [-0.2, -0.15) is 0 Å². The first-order chi connectivity index (χ1) is 18.4. The molecule has 3 rings (SSSR count). The van der Waals surface area contributed by atoms with E-state index in [1.54, 1.807) is 0 Å². The van der Waals surface area contributed by atoms with Crippen LogP contribution in [0.5, 0.6) is 0 Å². The molecule has 3 atom stereocenters. The Hall–Kier alpha value is -1.96. The molecule has 0 bridgehead atoms. The third-order valence-corrected chi connectivity index (χ3v) is 8.49. The number of amides is 2. The van der Waals surface area contributed by atoms with Crippen LogP contribution in [0.1, 0.15) is 89.2 Å². The molecule has 214 valence electrons. The zero-order chi connectivity index (χ0) is 27.3. The van der Waals surface area contributed by atoms with E-state index in [1.165, 1.54) is 5.56 Å². The second kappa shape index (κ2) is 16.2. The fraction of sp³-hybridized carbons (Fsp3) is 0.742. The first-order valence-electron chi connectivity index (χ1n) is 15.1. The number of aliphatic hydroxyl groups is 1. The number of unbranched alkanes of at least 4 members (excludes halogenated alkanes) is 3. The van der Waals surface area contributed by atoms with Crippen LogP contribution in [0, 0.1) is 0 Å². The van der Waals surface area contributed by atoms with Gasteiger partial charge in [0.2, 0.25) is 11.8 Å². The van der Waals surface area contributed by atoms with Crippen LogP contribution in [0.3, 0.4) is 0 Å². The van der Waals surface area contributed by atoms with E-state index in [9.17, 15) is 14.7 Å². The summed E-state index contributed by atoms with van der Waals surface area (Å²) in [4.78, 5) is 35.0. The predicted molar refractivity (Wildman–Crippen MR) is 154 cm³/mol. The van der Waals surface area contributed by atoms with Gasteiger partial charge >= 0.3 is 0 Å². The lowest BCUT2D eigenvalue weighted by molar-refractivity contribution is -0.135. The van der Waals surface area contributed by atoms with E-state index >= 15 is 0 Å². The Balaban J connectivity index is 1.45. The third-order valence-electron chi connectivity index (χ3n) is 8.49. The molecule has 2 fully saturated rings. The first-order valence-corrected chi connectivity index (χ1v) is 15.1. The molecule has 1 aromatic rings. The summed E-state index contributed by atoms with van der Waals surface area (Å²) in [5, 5.41) is 10.5. The second-order valence-corrected chi connectivity index (χ2v) is 11.5. The average Bonchev–Trinajstić information content (AvgIpc) is 2.90. The van der Waals surface area contributed by atoms with Crippen molar-refractivity contribution < 1.29 is 14.7 Å². The van der Waals surface area contributed by atoms with Crippen molar-refractivity contribution >= 4 is 11.8 Å². The van der Waals surface area contributed by atoms with Crippen LogP contribution in [0.25, 0.3) is 0 Å². The fourth-order valence-electron chi connectivity index (χ4n) is 6.00. The quantitative estimate of drug-likeness (QED) is 0.410. The van der Waals surface area contributed by atoms with Crippen molar-refractivity contribution in [3.63, 3.8) is 0 Å². The number of carbonyl (C=O) groups excluding carboxylic acids is 2. The minimum absolute atomic E-state index is 0.108. The van der Waals surface area contributed by atoms with Crippen molar-refractivity contribution in [3.05, 3.63) is 35.9 Å². The summed E-state index contributed by atoms with van der Waals surface area (Å²) in [6.45, 7) is 7.23. The lowest BCUT2D eigenvalue weighted by atomic mass is 9.98. The molecule has 2 heterocycles. The molecular weight excluding hydrogens is 476 g/mol. The second-order valence-electron chi connectivity index (χ2n) is 11.5. The van der Waals surface area contributed by atoms with Crippen LogP contribution in [-0.2, 0) is 9.59 Å². The van der Waals surface area contributed by atoms with Gasteiger partial charge in [-0.3, -0.25) is 14.5 Å². The molecule has 7 nitrogen and oxygen atoms in total. The van der Waals surface area contributed by atoms with E-state index in [0.717, 1.165) is 90.6 Å². The zero-order valence-corrected chi connectivity index (χ0v) is 24.2. The molecule has 38 heavy (non-hydrogen) atoms. The Morgan fingerprint density at radius 2 is 1.42 bits per heavy atom. The van der Waals surface area contributed by atoms with Crippen LogP contribution < -0.4 is 0 Å². The number of nitrogens with zero attached hydrogens (tertiary/aromatic N) is 4. The van der Waals surface area contributed by atoms with Gasteiger partial charge in [0.15, 0.2) is 0 Å². The monoisotopic (exact) mass is 528 g/mol. The number of rotatable bonds is 12. The van der Waals surface area contributed by atoms with Gasteiger partial charge in [0, 0.05) is 57.6 Å². The van der Waals surface area contributed by atoms with Gasteiger partial charge in [0.05, 0.1) is 6.10 Å². The largest absolute Gasteiger partial charge is 0.393 e. The van der Waals surface area contributed by atoms with E-state index in [2.05, 4.69) is 43.0 Å². The third kappa shape index (κ3) is 9.65. The van der Waals surface area contributed by atoms with E-state index in [-0.39, 0.29) is 30.0 Å². The number of carbonyl (C=O) groups is 2. The standard InChI is InChI=1S/C31H52N4O3/c1-4-5-7-16-28(36)23-27-24-30(37)34(21-12-17-32(27)2)19-10-11-20-35-22-13-18-33(3)29(25-31(35)38)26-14-8-6-9-15-26/h6,8-9,14-15,27-29,36H,4-5,7,10-13,16-25H2,1-3H3/t27-,28-,29-/m0/s1. The minimum atomic E-state index is -0.327. The Morgan fingerprint density at radius 1 is 0.816 bits per heavy atom. The summed E-state index contributed by atoms with van der Waals surface area (Å²) >= 11 is 0. The van der Waals surface area contributed by atoms with E-state index in [4.69, 9.17) is 0 Å². The molecule has 0 aliphatic carbocycles. The maximum atomic E-state index is 13.2. The van der Waals surface area contributed by atoms with Crippen molar-refractivity contribution in [2.45, 2.75) is 95.7 Å². The summed E-state index contributed by atoms with van der Waals surface area (Å²) in [5.74, 6) is 0.439. The molecule has 2 saturated heterocycles. The van der Waals surface area contributed by atoms with E-state index in [1.807, 2.05) is 28.0 Å².